The Hall–Kier alpha value is -1.02. The lowest BCUT2D eigenvalue weighted by atomic mass is 9.84. The van der Waals surface area contributed by atoms with E-state index >= 15 is 0 Å². The summed E-state index contributed by atoms with van der Waals surface area (Å²) in [7, 11) is 0. The lowest BCUT2D eigenvalue weighted by Gasteiger charge is -2.34. The molecule has 1 saturated carbocycles. The molecule has 2 aliphatic carbocycles. The molecule has 0 unspecified atom stereocenters. The Bertz CT molecular complexity index is 451. The third-order valence-corrected chi connectivity index (χ3v) is 5.50. The van der Waals surface area contributed by atoms with Crippen LogP contribution >= 0.6 is 11.8 Å². The van der Waals surface area contributed by atoms with Crippen molar-refractivity contribution < 1.29 is 4.79 Å². The summed E-state index contributed by atoms with van der Waals surface area (Å²) in [6, 6.07) is 10.3. The van der Waals surface area contributed by atoms with Crippen molar-refractivity contribution in [2.24, 2.45) is 5.92 Å². The Morgan fingerprint density at radius 2 is 2.00 bits per heavy atom. The minimum atomic E-state index is -0.157. The van der Waals surface area contributed by atoms with E-state index < -0.39 is 0 Å². The normalized spacial score (nSPS) is 31.5. The maximum Gasteiger partial charge on any atom is 0.149 e. The van der Waals surface area contributed by atoms with Crippen LogP contribution in [0, 0.1) is 5.92 Å². The maximum absolute atomic E-state index is 12.3. The van der Waals surface area contributed by atoms with Gasteiger partial charge in [0, 0.05) is 11.3 Å². The number of allylic oxidation sites excluding steroid dienone is 2. The first-order valence-corrected chi connectivity index (χ1v) is 7.05. The molecule has 0 aromatic heterocycles. The van der Waals surface area contributed by atoms with Crippen LogP contribution in [0.5, 0.6) is 0 Å². The molecule has 3 rings (SSSR count). The van der Waals surface area contributed by atoms with Crippen molar-refractivity contribution in [1.82, 2.24) is 0 Å². The van der Waals surface area contributed by atoms with Gasteiger partial charge in [0.15, 0.2) is 0 Å². The number of carbonyl (C=O) groups is 1. The zero-order valence-corrected chi connectivity index (χ0v) is 10.6. The number of benzene rings is 1. The number of hydrogen-bond donors (Lipinski definition) is 0. The summed E-state index contributed by atoms with van der Waals surface area (Å²) in [6.07, 6.45) is 8.26. The van der Waals surface area contributed by atoms with Gasteiger partial charge in [-0.25, -0.2) is 0 Å². The monoisotopic (exact) mass is 244 g/mol. The lowest BCUT2D eigenvalue weighted by Crippen LogP contribution is -2.37. The minimum absolute atomic E-state index is 0.157. The number of carbonyl (C=O) groups excluding carboxylic acids is 1. The average molecular weight is 244 g/mol. The van der Waals surface area contributed by atoms with Crippen molar-refractivity contribution in [2.45, 2.75) is 35.3 Å². The Morgan fingerprint density at radius 3 is 2.82 bits per heavy atom. The van der Waals surface area contributed by atoms with Crippen LogP contribution in [0.25, 0.3) is 0 Å². The van der Waals surface area contributed by atoms with E-state index in [1.165, 1.54) is 4.90 Å². The van der Waals surface area contributed by atoms with E-state index in [0.29, 0.717) is 11.7 Å². The number of ketones is 1. The summed E-state index contributed by atoms with van der Waals surface area (Å²) >= 11 is 1.79. The molecule has 0 N–H and O–H groups in total. The van der Waals surface area contributed by atoms with Gasteiger partial charge in [-0.3, -0.25) is 4.79 Å². The van der Waals surface area contributed by atoms with Gasteiger partial charge in [-0.15, -0.1) is 11.8 Å². The fourth-order valence-corrected chi connectivity index (χ4v) is 4.46. The second-order valence-corrected chi connectivity index (χ2v) is 6.28. The molecule has 0 bridgehead atoms. The average Bonchev–Trinajstić information content (AvgIpc) is 2.69. The zero-order chi connectivity index (χ0) is 11.7. The topological polar surface area (TPSA) is 17.1 Å². The molecule has 0 spiro atoms. The van der Waals surface area contributed by atoms with E-state index in [1.807, 2.05) is 18.2 Å². The van der Waals surface area contributed by atoms with Crippen molar-refractivity contribution in [3.63, 3.8) is 0 Å². The van der Waals surface area contributed by atoms with Crippen molar-refractivity contribution in [3.05, 3.63) is 42.5 Å². The van der Waals surface area contributed by atoms with E-state index in [1.54, 1.807) is 11.8 Å². The fraction of sp³-hybridized carbons (Fsp3) is 0.400. The lowest BCUT2D eigenvalue weighted by molar-refractivity contribution is -0.119. The number of thioether (sulfide) groups is 1. The van der Waals surface area contributed by atoms with Gasteiger partial charge in [0.25, 0.3) is 0 Å². The van der Waals surface area contributed by atoms with Gasteiger partial charge in [0.1, 0.15) is 5.78 Å². The third kappa shape index (κ3) is 1.85. The van der Waals surface area contributed by atoms with Gasteiger partial charge in [-0.2, -0.15) is 0 Å². The van der Waals surface area contributed by atoms with Crippen molar-refractivity contribution in [2.75, 3.05) is 0 Å². The molecule has 88 valence electrons. The van der Waals surface area contributed by atoms with Crippen LogP contribution in [-0.4, -0.2) is 10.5 Å². The van der Waals surface area contributed by atoms with Gasteiger partial charge in [0.2, 0.25) is 0 Å². The summed E-state index contributed by atoms with van der Waals surface area (Å²) < 4.78 is -0.157. The van der Waals surface area contributed by atoms with Crippen LogP contribution < -0.4 is 0 Å². The predicted octanol–water partition coefficient (Wildman–Crippen LogP) is 3.85. The predicted molar refractivity (Wildman–Crippen MR) is 71.1 cm³/mol. The van der Waals surface area contributed by atoms with Gasteiger partial charge in [-0.05, 0) is 37.3 Å². The molecule has 0 aliphatic heterocycles. The van der Waals surface area contributed by atoms with Crippen molar-refractivity contribution >= 4 is 17.5 Å². The standard InChI is InChI=1S/C15H16OS/c16-14-10-9-12-6-4-5-11-15(12,14)17-13-7-2-1-3-8-13/h1-5,7-8,12H,6,9-11H2/t12-,15+/m1/s1. The number of hydrogen-bond acceptors (Lipinski definition) is 2. The SMILES string of the molecule is O=C1CC[C@H]2CC=CC[C@@]12Sc1ccccc1. The summed E-state index contributed by atoms with van der Waals surface area (Å²) in [5, 5.41) is 0. The van der Waals surface area contributed by atoms with Gasteiger partial charge in [-0.1, -0.05) is 30.4 Å². The molecule has 2 aliphatic rings. The molecule has 1 nitrogen and oxygen atoms in total. The largest absolute Gasteiger partial charge is 0.298 e. The summed E-state index contributed by atoms with van der Waals surface area (Å²) in [6.45, 7) is 0. The molecule has 1 aromatic rings. The van der Waals surface area contributed by atoms with Crippen LogP contribution in [-0.2, 0) is 4.79 Å². The van der Waals surface area contributed by atoms with Gasteiger partial charge >= 0.3 is 0 Å². The molecule has 1 fully saturated rings. The van der Waals surface area contributed by atoms with E-state index in [0.717, 1.165) is 25.7 Å². The third-order valence-electron chi connectivity index (χ3n) is 3.90. The van der Waals surface area contributed by atoms with Crippen molar-refractivity contribution in [1.29, 1.82) is 0 Å². The van der Waals surface area contributed by atoms with E-state index in [4.69, 9.17) is 0 Å². The molecule has 0 radical (unpaired) electrons. The van der Waals surface area contributed by atoms with E-state index in [2.05, 4.69) is 24.3 Å². The fourth-order valence-electron chi connectivity index (χ4n) is 2.97. The Morgan fingerprint density at radius 1 is 1.18 bits per heavy atom. The van der Waals surface area contributed by atoms with E-state index in [-0.39, 0.29) is 4.75 Å². The van der Waals surface area contributed by atoms with Gasteiger partial charge in [0.05, 0.1) is 4.75 Å². The number of Topliss-reactive ketones (excluding diaryl/α,β-unsaturated/α-hetero) is 1. The quantitative estimate of drug-likeness (QED) is 0.735. The van der Waals surface area contributed by atoms with Crippen LogP contribution in [0.3, 0.4) is 0 Å². The Labute approximate surface area is 106 Å². The molecule has 0 amide bonds. The molecular weight excluding hydrogens is 228 g/mol. The number of fused-ring (bicyclic) bond motifs is 1. The molecule has 2 atom stereocenters. The summed E-state index contributed by atoms with van der Waals surface area (Å²) in [4.78, 5) is 13.5. The first-order valence-electron chi connectivity index (χ1n) is 6.24. The number of rotatable bonds is 2. The van der Waals surface area contributed by atoms with Crippen LogP contribution in [0.15, 0.2) is 47.4 Å². The second kappa shape index (κ2) is 4.34. The summed E-state index contributed by atoms with van der Waals surface area (Å²) in [5.74, 6) is 1.01. The molecule has 17 heavy (non-hydrogen) atoms. The van der Waals surface area contributed by atoms with Crippen molar-refractivity contribution in [3.8, 4) is 0 Å². The van der Waals surface area contributed by atoms with E-state index in [9.17, 15) is 4.79 Å². The van der Waals surface area contributed by atoms with Crippen LogP contribution in [0.1, 0.15) is 25.7 Å². The first-order chi connectivity index (χ1) is 8.31. The highest BCUT2D eigenvalue weighted by Crippen LogP contribution is 2.52. The molecular formula is C15H16OS. The molecule has 0 saturated heterocycles. The van der Waals surface area contributed by atoms with Gasteiger partial charge < -0.3 is 0 Å². The maximum atomic E-state index is 12.3. The first kappa shape index (κ1) is 11.1. The highest BCUT2D eigenvalue weighted by Gasteiger charge is 2.50. The Balaban J connectivity index is 1.92. The summed E-state index contributed by atoms with van der Waals surface area (Å²) in [5.41, 5.74) is 0. The van der Waals surface area contributed by atoms with Crippen LogP contribution in [0.2, 0.25) is 0 Å². The highest BCUT2D eigenvalue weighted by atomic mass is 32.2. The highest BCUT2D eigenvalue weighted by molar-refractivity contribution is 8.01. The smallest absolute Gasteiger partial charge is 0.149 e. The van der Waals surface area contributed by atoms with Crippen LogP contribution in [0.4, 0.5) is 0 Å². The molecule has 2 heteroatoms. The zero-order valence-electron chi connectivity index (χ0n) is 9.76. The molecule has 0 heterocycles. The minimum Gasteiger partial charge on any atom is -0.298 e. The second-order valence-electron chi connectivity index (χ2n) is 4.87. The Kier molecular flexibility index (Phi) is 2.83. The molecule has 1 aromatic carbocycles.